The van der Waals surface area contributed by atoms with E-state index in [4.69, 9.17) is 15.0 Å². The van der Waals surface area contributed by atoms with Gasteiger partial charge in [-0.25, -0.2) is 15.0 Å². The van der Waals surface area contributed by atoms with Crippen molar-refractivity contribution in [1.82, 2.24) is 19.5 Å². The van der Waals surface area contributed by atoms with Crippen LogP contribution in [-0.2, 0) is 0 Å². The molecule has 1 aliphatic rings. The van der Waals surface area contributed by atoms with Crippen molar-refractivity contribution in [3.05, 3.63) is 200 Å². The fraction of sp³-hybridized carbons (Fsp3) is 0. The summed E-state index contributed by atoms with van der Waals surface area (Å²) in [5, 5.41) is 2.40. The van der Waals surface area contributed by atoms with Crippen LogP contribution in [0.15, 0.2) is 210 Å². The van der Waals surface area contributed by atoms with Gasteiger partial charge in [-0.15, -0.1) is 0 Å². The van der Waals surface area contributed by atoms with E-state index < -0.39 is 0 Å². The van der Waals surface area contributed by atoms with Crippen molar-refractivity contribution in [2.45, 2.75) is 9.79 Å². The molecule has 3 heterocycles. The highest BCUT2D eigenvalue weighted by atomic mass is 32.2. The molecule has 8 aromatic carbocycles. The molecule has 5 nitrogen and oxygen atoms in total. The van der Waals surface area contributed by atoms with E-state index in [0.717, 1.165) is 39.1 Å². The van der Waals surface area contributed by atoms with Gasteiger partial charge in [-0.05, 0) is 77.9 Å². The highest BCUT2D eigenvalue weighted by Crippen LogP contribution is 2.52. The monoisotopic (exact) mass is 747 g/mol. The molecular formula is C51H33N5S. The van der Waals surface area contributed by atoms with Gasteiger partial charge in [0, 0.05) is 48.6 Å². The van der Waals surface area contributed by atoms with E-state index in [9.17, 15) is 0 Å². The minimum absolute atomic E-state index is 0.631. The molecule has 0 bridgehead atoms. The van der Waals surface area contributed by atoms with E-state index in [0.29, 0.717) is 17.5 Å². The Kier molecular flexibility index (Phi) is 8.00. The molecule has 0 atom stereocenters. The third kappa shape index (κ3) is 5.86. The molecule has 0 N–H and O–H groups in total. The van der Waals surface area contributed by atoms with Crippen LogP contribution in [0.3, 0.4) is 0 Å². The van der Waals surface area contributed by atoms with Crippen LogP contribution in [0.5, 0.6) is 0 Å². The lowest BCUT2D eigenvalue weighted by Crippen LogP contribution is -2.14. The van der Waals surface area contributed by atoms with Crippen molar-refractivity contribution in [2.24, 2.45) is 0 Å². The van der Waals surface area contributed by atoms with Crippen molar-refractivity contribution in [3.63, 3.8) is 0 Å². The van der Waals surface area contributed by atoms with Crippen molar-refractivity contribution in [1.29, 1.82) is 0 Å². The summed E-state index contributed by atoms with van der Waals surface area (Å²) in [5.74, 6) is 1.92. The molecule has 0 saturated carbocycles. The van der Waals surface area contributed by atoms with Gasteiger partial charge in [0.15, 0.2) is 17.5 Å². The van der Waals surface area contributed by atoms with Gasteiger partial charge in [-0.2, -0.15) is 0 Å². The summed E-state index contributed by atoms with van der Waals surface area (Å²) in [6.45, 7) is 0. The molecule has 0 fully saturated rings. The maximum Gasteiger partial charge on any atom is 0.164 e. The third-order valence-corrected chi connectivity index (χ3v) is 11.7. The van der Waals surface area contributed by atoms with Crippen LogP contribution in [0.1, 0.15) is 0 Å². The Morgan fingerprint density at radius 2 is 0.877 bits per heavy atom. The Hall–Kier alpha value is -7.28. The van der Waals surface area contributed by atoms with Gasteiger partial charge in [0.1, 0.15) is 0 Å². The molecule has 2 aromatic heterocycles. The molecular weight excluding hydrogens is 715 g/mol. The summed E-state index contributed by atoms with van der Waals surface area (Å²) in [6, 6.07) is 70.5. The fourth-order valence-corrected chi connectivity index (χ4v) is 9.04. The van der Waals surface area contributed by atoms with Gasteiger partial charge >= 0.3 is 0 Å². The largest absolute Gasteiger partial charge is 0.309 e. The average Bonchev–Trinajstić information content (AvgIpc) is 3.62. The number of rotatable bonds is 6. The normalized spacial score (nSPS) is 12.1. The van der Waals surface area contributed by atoms with E-state index >= 15 is 0 Å². The molecule has 0 radical (unpaired) electrons. The lowest BCUT2D eigenvalue weighted by Gasteiger charge is -2.33. The minimum Gasteiger partial charge on any atom is -0.309 e. The van der Waals surface area contributed by atoms with E-state index in [1.54, 1.807) is 0 Å². The van der Waals surface area contributed by atoms with Gasteiger partial charge < -0.3 is 9.47 Å². The molecule has 268 valence electrons. The predicted octanol–water partition coefficient (Wildman–Crippen LogP) is 13.6. The van der Waals surface area contributed by atoms with Crippen LogP contribution in [0.4, 0.5) is 17.1 Å². The number of nitrogens with zero attached hydrogens (tertiary/aromatic N) is 5. The molecule has 0 amide bonds. The summed E-state index contributed by atoms with van der Waals surface area (Å²) < 4.78 is 2.35. The summed E-state index contributed by atoms with van der Waals surface area (Å²) in [4.78, 5) is 19.8. The first-order valence-corrected chi connectivity index (χ1v) is 19.8. The maximum atomic E-state index is 5.02. The van der Waals surface area contributed by atoms with Crippen LogP contribution in [0, 0.1) is 0 Å². The highest BCUT2D eigenvalue weighted by molar-refractivity contribution is 7.99. The van der Waals surface area contributed by atoms with Crippen molar-refractivity contribution < 1.29 is 0 Å². The van der Waals surface area contributed by atoms with E-state index in [-0.39, 0.29) is 0 Å². The molecule has 6 heteroatoms. The van der Waals surface area contributed by atoms with Crippen molar-refractivity contribution in [2.75, 3.05) is 4.90 Å². The highest BCUT2D eigenvalue weighted by Gasteiger charge is 2.25. The second kappa shape index (κ2) is 13.8. The zero-order valence-corrected chi connectivity index (χ0v) is 31.5. The molecule has 0 aliphatic carbocycles. The molecule has 10 aromatic rings. The molecule has 0 unspecified atom stereocenters. The summed E-state index contributed by atoms with van der Waals surface area (Å²) in [5.41, 5.74) is 12.1. The number of hydrogen-bond acceptors (Lipinski definition) is 5. The smallest absolute Gasteiger partial charge is 0.164 e. The summed E-state index contributed by atoms with van der Waals surface area (Å²) >= 11 is 1.84. The molecule has 57 heavy (non-hydrogen) atoms. The SMILES string of the molecule is c1ccc(-c2nc(-c3ccccc3)nc(-c3cccc(-n4c5ccccc5c5cc(-c6ccc7c(c6)Sc6ccccc6N7c6ccccc6)ccc54)c3)n2)cc1. The predicted molar refractivity (Wildman–Crippen MR) is 235 cm³/mol. The number of fused-ring (bicyclic) bond motifs is 5. The minimum atomic E-state index is 0.631. The van der Waals surface area contributed by atoms with E-state index in [2.05, 4.69) is 149 Å². The average molecular weight is 748 g/mol. The topological polar surface area (TPSA) is 46.8 Å². The fourth-order valence-electron chi connectivity index (χ4n) is 7.94. The standard InChI is InChI=1S/C51H33N5S/c1-4-15-34(16-5-1)49-52-50(35-17-6-2-7-18-35)54-51(53-49)38-19-14-22-40(31-38)56-43-24-11-10-23-41(43)42-32-36(27-29-44(42)56)37-28-30-46-48(33-37)57-47-26-13-12-25-45(47)55(46)39-20-8-3-9-21-39/h1-33H. The Morgan fingerprint density at radius 1 is 0.333 bits per heavy atom. The number of benzene rings is 8. The summed E-state index contributed by atoms with van der Waals surface area (Å²) in [7, 11) is 0. The van der Waals surface area contributed by atoms with Gasteiger partial charge in [-0.3, -0.25) is 0 Å². The second-order valence-electron chi connectivity index (χ2n) is 14.1. The Balaban J connectivity index is 1.02. The van der Waals surface area contributed by atoms with Crippen LogP contribution >= 0.6 is 11.8 Å². The zero-order valence-electron chi connectivity index (χ0n) is 30.7. The van der Waals surface area contributed by atoms with E-state index in [1.807, 2.05) is 72.4 Å². The second-order valence-corrected chi connectivity index (χ2v) is 15.2. The molecule has 1 aliphatic heterocycles. The van der Waals surface area contributed by atoms with Gasteiger partial charge in [0.25, 0.3) is 0 Å². The lowest BCUT2D eigenvalue weighted by molar-refractivity contribution is 1.07. The number of aromatic nitrogens is 4. The third-order valence-electron chi connectivity index (χ3n) is 10.6. The first-order chi connectivity index (χ1) is 28.2. The van der Waals surface area contributed by atoms with Gasteiger partial charge in [0.2, 0.25) is 0 Å². The van der Waals surface area contributed by atoms with Gasteiger partial charge in [-0.1, -0.05) is 145 Å². The first-order valence-electron chi connectivity index (χ1n) is 19.0. The molecule has 0 spiro atoms. The maximum absolute atomic E-state index is 5.02. The number of para-hydroxylation sites is 3. The van der Waals surface area contributed by atoms with E-state index in [1.165, 1.54) is 43.1 Å². The quantitative estimate of drug-likeness (QED) is 0.169. The van der Waals surface area contributed by atoms with Gasteiger partial charge in [0.05, 0.1) is 22.4 Å². The Morgan fingerprint density at radius 3 is 1.63 bits per heavy atom. The zero-order chi connectivity index (χ0) is 37.7. The number of anilines is 3. The van der Waals surface area contributed by atoms with Crippen molar-refractivity contribution in [3.8, 4) is 51.0 Å². The molecule has 11 rings (SSSR count). The van der Waals surface area contributed by atoms with Crippen LogP contribution in [0.25, 0.3) is 72.8 Å². The molecule has 0 saturated heterocycles. The summed E-state index contributed by atoms with van der Waals surface area (Å²) in [6.07, 6.45) is 0. The Labute approximate surface area is 334 Å². The van der Waals surface area contributed by atoms with Crippen LogP contribution < -0.4 is 4.90 Å². The number of hydrogen-bond donors (Lipinski definition) is 0. The lowest BCUT2D eigenvalue weighted by atomic mass is 10.0. The first kappa shape index (κ1) is 33.1. The Bertz CT molecular complexity index is 3050. The van der Waals surface area contributed by atoms with Crippen LogP contribution in [-0.4, -0.2) is 19.5 Å². The van der Waals surface area contributed by atoms with Crippen molar-refractivity contribution >= 4 is 50.6 Å². The van der Waals surface area contributed by atoms with Crippen LogP contribution in [0.2, 0.25) is 0 Å².